The van der Waals surface area contributed by atoms with Crippen molar-refractivity contribution >= 4 is 17.4 Å². The number of aromatic nitrogens is 1. The van der Waals surface area contributed by atoms with Gasteiger partial charge in [0, 0.05) is 31.8 Å². The normalized spacial score (nSPS) is 23.7. The summed E-state index contributed by atoms with van der Waals surface area (Å²) in [5, 5.41) is 2.91. The lowest BCUT2D eigenvalue weighted by Gasteiger charge is -2.38. The van der Waals surface area contributed by atoms with Gasteiger partial charge in [0.2, 0.25) is 5.91 Å². The summed E-state index contributed by atoms with van der Waals surface area (Å²) in [6, 6.07) is 3.91. The Bertz CT molecular complexity index is 555. The minimum absolute atomic E-state index is 0.104. The second kappa shape index (κ2) is 6.09. The van der Waals surface area contributed by atoms with Gasteiger partial charge in [0.1, 0.15) is 5.82 Å². The van der Waals surface area contributed by atoms with Crippen LogP contribution >= 0.6 is 0 Å². The van der Waals surface area contributed by atoms with Crippen molar-refractivity contribution < 1.29 is 14.3 Å². The van der Waals surface area contributed by atoms with Gasteiger partial charge in [-0.1, -0.05) is 6.42 Å². The Labute approximate surface area is 136 Å². The summed E-state index contributed by atoms with van der Waals surface area (Å²) in [6.07, 6.45) is 6.77. The van der Waals surface area contributed by atoms with Gasteiger partial charge in [0.05, 0.1) is 25.1 Å². The van der Waals surface area contributed by atoms with Crippen molar-refractivity contribution in [3.63, 3.8) is 0 Å². The average molecular weight is 317 g/mol. The molecule has 3 fully saturated rings. The van der Waals surface area contributed by atoms with Crippen LogP contribution in [0.3, 0.4) is 0 Å². The number of piperidine rings is 1. The van der Waals surface area contributed by atoms with Crippen LogP contribution in [-0.4, -0.2) is 43.0 Å². The number of hydrogen-bond donors (Lipinski definition) is 1. The topological polar surface area (TPSA) is 63.7 Å². The van der Waals surface area contributed by atoms with E-state index in [1.807, 2.05) is 18.3 Å². The molecule has 124 valence electrons. The van der Waals surface area contributed by atoms with Crippen LogP contribution in [0.15, 0.2) is 18.3 Å². The number of rotatable bonds is 3. The fourth-order valence-corrected chi connectivity index (χ4v) is 3.44. The summed E-state index contributed by atoms with van der Waals surface area (Å²) in [5.41, 5.74) is 1.08. The van der Waals surface area contributed by atoms with Crippen molar-refractivity contribution in [2.24, 2.45) is 5.92 Å². The number of carbonyl (C=O) groups is 1. The number of anilines is 2. The smallest absolute Gasteiger partial charge is 0.228 e. The van der Waals surface area contributed by atoms with Gasteiger partial charge in [-0.25, -0.2) is 4.98 Å². The lowest BCUT2D eigenvalue weighted by Crippen LogP contribution is -2.45. The molecule has 2 aliphatic heterocycles. The second-order valence-electron chi connectivity index (χ2n) is 6.61. The van der Waals surface area contributed by atoms with Crippen LogP contribution < -0.4 is 10.2 Å². The van der Waals surface area contributed by atoms with E-state index in [1.54, 1.807) is 0 Å². The highest BCUT2D eigenvalue weighted by Gasteiger charge is 2.39. The lowest BCUT2D eigenvalue weighted by atomic mass is 9.85. The largest absolute Gasteiger partial charge is 0.370 e. The average Bonchev–Trinajstić information content (AvgIpc) is 2.95. The summed E-state index contributed by atoms with van der Waals surface area (Å²) in [5.74, 6) is 0.579. The summed E-state index contributed by atoms with van der Waals surface area (Å²) < 4.78 is 11.5. The molecule has 4 rings (SSSR count). The van der Waals surface area contributed by atoms with Crippen LogP contribution in [0.4, 0.5) is 11.5 Å². The van der Waals surface area contributed by atoms with Gasteiger partial charge in [0.25, 0.3) is 0 Å². The van der Waals surface area contributed by atoms with E-state index in [0.29, 0.717) is 19.0 Å². The van der Waals surface area contributed by atoms with Gasteiger partial charge in [-0.15, -0.1) is 0 Å². The molecule has 1 aliphatic carbocycles. The minimum atomic E-state index is -0.347. The molecule has 6 nitrogen and oxygen atoms in total. The van der Waals surface area contributed by atoms with Gasteiger partial charge in [0.15, 0.2) is 5.79 Å². The summed E-state index contributed by atoms with van der Waals surface area (Å²) in [7, 11) is 0. The molecule has 0 bridgehead atoms. The molecule has 3 heterocycles. The molecule has 1 amide bonds. The monoisotopic (exact) mass is 317 g/mol. The number of hydrogen-bond acceptors (Lipinski definition) is 5. The zero-order valence-corrected chi connectivity index (χ0v) is 13.3. The maximum Gasteiger partial charge on any atom is 0.228 e. The van der Waals surface area contributed by atoms with Crippen molar-refractivity contribution in [1.82, 2.24) is 4.98 Å². The zero-order valence-electron chi connectivity index (χ0n) is 13.3. The number of ether oxygens (including phenoxy) is 2. The Morgan fingerprint density at radius 2 is 1.96 bits per heavy atom. The van der Waals surface area contributed by atoms with Crippen LogP contribution in [0.1, 0.15) is 32.1 Å². The Kier molecular flexibility index (Phi) is 3.95. The van der Waals surface area contributed by atoms with Crippen molar-refractivity contribution in [1.29, 1.82) is 0 Å². The summed E-state index contributed by atoms with van der Waals surface area (Å²) in [6.45, 7) is 3.21. The number of amides is 1. The first-order valence-corrected chi connectivity index (χ1v) is 8.54. The quantitative estimate of drug-likeness (QED) is 0.925. The second-order valence-corrected chi connectivity index (χ2v) is 6.61. The highest BCUT2D eigenvalue weighted by molar-refractivity contribution is 5.92. The van der Waals surface area contributed by atoms with E-state index in [2.05, 4.69) is 15.2 Å². The molecule has 23 heavy (non-hydrogen) atoms. The van der Waals surface area contributed by atoms with Crippen molar-refractivity contribution in [3.05, 3.63) is 18.3 Å². The third kappa shape index (κ3) is 3.05. The van der Waals surface area contributed by atoms with Crippen LogP contribution in [0.2, 0.25) is 0 Å². The molecule has 1 aromatic rings. The zero-order chi connectivity index (χ0) is 15.7. The number of nitrogens with zero attached hydrogens (tertiary/aromatic N) is 2. The molecule has 3 aliphatic rings. The van der Waals surface area contributed by atoms with E-state index in [9.17, 15) is 4.79 Å². The first kappa shape index (κ1) is 14.9. The van der Waals surface area contributed by atoms with Crippen LogP contribution in [0, 0.1) is 5.92 Å². The standard InChI is InChI=1S/C17H23N3O3/c21-16(13-2-1-3-13)19-15-5-4-14(12-18-15)20-8-6-17(7-9-20)22-10-11-23-17/h4-5,12-13H,1-3,6-11H2,(H,18,19,21). The molecule has 1 N–H and O–H groups in total. The van der Waals surface area contributed by atoms with E-state index in [1.165, 1.54) is 0 Å². The highest BCUT2D eigenvalue weighted by Crippen LogP contribution is 2.33. The summed E-state index contributed by atoms with van der Waals surface area (Å²) >= 11 is 0. The maximum absolute atomic E-state index is 11.9. The Balaban J connectivity index is 1.34. The summed E-state index contributed by atoms with van der Waals surface area (Å²) in [4.78, 5) is 18.6. The minimum Gasteiger partial charge on any atom is -0.370 e. The Morgan fingerprint density at radius 3 is 2.52 bits per heavy atom. The first-order chi connectivity index (χ1) is 11.2. The van der Waals surface area contributed by atoms with Gasteiger partial charge >= 0.3 is 0 Å². The van der Waals surface area contributed by atoms with Gasteiger partial charge in [-0.05, 0) is 25.0 Å². The molecule has 0 atom stereocenters. The van der Waals surface area contributed by atoms with Crippen molar-refractivity contribution in [2.75, 3.05) is 36.5 Å². The SMILES string of the molecule is O=C(Nc1ccc(N2CCC3(CC2)OCCO3)cn1)C1CCC1. The van der Waals surface area contributed by atoms with E-state index in [0.717, 1.165) is 50.9 Å². The highest BCUT2D eigenvalue weighted by atomic mass is 16.7. The third-order valence-electron chi connectivity index (χ3n) is 5.18. The molecule has 0 radical (unpaired) electrons. The molecule has 1 spiro atoms. The van der Waals surface area contributed by atoms with Gasteiger partial charge in [-0.3, -0.25) is 4.79 Å². The van der Waals surface area contributed by atoms with Gasteiger partial charge < -0.3 is 19.7 Å². The van der Waals surface area contributed by atoms with Crippen molar-refractivity contribution in [3.8, 4) is 0 Å². The number of pyridine rings is 1. The van der Waals surface area contributed by atoms with E-state index in [-0.39, 0.29) is 17.6 Å². The van der Waals surface area contributed by atoms with Crippen LogP contribution in [0.25, 0.3) is 0 Å². The van der Waals surface area contributed by atoms with Crippen LogP contribution in [-0.2, 0) is 14.3 Å². The third-order valence-corrected chi connectivity index (χ3v) is 5.18. The molecule has 6 heteroatoms. The number of carbonyl (C=O) groups excluding carboxylic acids is 1. The molecule has 2 saturated heterocycles. The Morgan fingerprint density at radius 1 is 1.22 bits per heavy atom. The van der Waals surface area contributed by atoms with E-state index in [4.69, 9.17) is 9.47 Å². The van der Waals surface area contributed by atoms with Crippen LogP contribution in [0.5, 0.6) is 0 Å². The molecule has 0 unspecified atom stereocenters. The fraction of sp³-hybridized carbons (Fsp3) is 0.647. The van der Waals surface area contributed by atoms with Crippen molar-refractivity contribution in [2.45, 2.75) is 37.9 Å². The predicted molar refractivity (Wildman–Crippen MR) is 86.3 cm³/mol. The maximum atomic E-state index is 11.9. The van der Waals surface area contributed by atoms with Gasteiger partial charge in [-0.2, -0.15) is 0 Å². The molecule has 0 aromatic carbocycles. The molecular weight excluding hydrogens is 294 g/mol. The first-order valence-electron chi connectivity index (χ1n) is 8.54. The molecule has 1 saturated carbocycles. The van der Waals surface area contributed by atoms with E-state index >= 15 is 0 Å². The lowest BCUT2D eigenvalue weighted by molar-refractivity contribution is -0.169. The van der Waals surface area contributed by atoms with E-state index < -0.39 is 0 Å². The fourth-order valence-electron chi connectivity index (χ4n) is 3.44. The predicted octanol–water partition coefficient (Wildman–Crippen LogP) is 2.16. The number of nitrogens with one attached hydrogen (secondary N) is 1. The molecular formula is C17H23N3O3. The Hall–Kier alpha value is -1.66. The molecule has 1 aromatic heterocycles.